The summed E-state index contributed by atoms with van der Waals surface area (Å²) in [5.41, 5.74) is 0. The maximum atomic E-state index is 11.2. The van der Waals surface area contributed by atoms with Gasteiger partial charge >= 0.3 is 0 Å². The molecule has 0 aromatic carbocycles. The summed E-state index contributed by atoms with van der Waals surface area (Å²) in [7, 11) is 0.0237. The van der Waals surface area contributed by atoms with Crippen LogP contribution in [0.25, 0.3) is 0 Å². The SMILES string of the molecule is CN(C)N(C=O)[C@H]1CS(=O)(=O)C[C@@H]1O. The number of hydrogen-bond donors (Lipinski definition) is 1. The molecule has 0 unspecified atom stereocenters. The van der Waals surface area contributed by atoms with Crippen molar-refractivity contribution in [2.45, 2.75) is 12.1 Å². The molecule has 0 bridgehead atoms. The standard InChI is InChI=1S/C7H14N2O4S/c1-8(2)9(5-10)6-3-14(12,13)4-7(6)11/h5-7,11H,3-4H2,1-2H3/t6-,7-/m0/s1. The monoisotopic (exact) mass is 222 g/mol. The van der Waals surface area contributed by atoms with E-state index >= 15 is 0 Å². The lowest BCUT2D eigenvalue weighted by molar-refractivity contribution is -0.138. The van der Waals surface area contributed by atoms with Gasteiger partial charge in [0.05, 0.1) is 23.7 Å². The van der Waals surface area contributed by atoms with Gasteiger partial charge in [0, 0.05) is 14.1 Å². The highest BCUT2D eigenvalue weighted by molar-refractivity contribution is 7.91. The Hall–Kier alpha value is -0.660. The topological polar surface area (TPSA) is 77.9 Å². The van der Waals surface area contributed by atoms with Gasteiger partial charge in [-0.05, 0) is 0 Å². The van der Waals surface area contributed by atoms with Crippen molar-refractivity contribution in [2.75, 3.05) is 25.6 Å². The van der Waals surface area contributed by atoms with Crippen molar-refractivity contribution in [1.82, 2.24) is 10.0 Å². The molecule has 7 heteroatoms. The predicted molar refractivity (Wildman–Crippen MR) is 50.0 cm³/mol. The van der Waals surface area contributed by atoms with Crippen LogP contribution in [0.3, 0.4) is 0 Å². The maximum Gasteiger partial charge on any atom is 0.224 e. The molecule has 1 rings (SSSR count). The van der Waals surface area contributed by atoms with Gasteiger partial charge in [0.25, 0.3) is 0 Å². The number of amides is 1. The third kappa shape index (κ3) is 2.23. The highest BCUT2D eigenvalue weighted by Crippen LogP contribution is 2.17. The first-order valence-corrected chi connectivity index (χ1v) is 5.99. The van der Waals surface area contributed by atoms with E-state index < -0.39 is 22.0 Å². The van der Waals surface area contributed by atoms with Crippen LogP contribution in [0, 0.1) is 0 Å². The second-order valence-corrected chi connectivity index (χ2v) is 5.70. The molecule has 14 heavy (non-hydrogen) atoms. The lowest BCUT2D eigenvalue weighted by Crippen LogP contribution is -2.49. The molecular weight excluding hydrogens is 208 g/mol. The van der Waals surface area contributed by atoms with Gasteiger partial charge < -0.3 is 5.11 Å². The second kappa shape index (κ2) is 3.84. The molecule has 2 atom stereocenters. The summed E-state index contributed by atoms with van der Waals surface area (Å²) in [6, 6.07) is -0.660. The van der Waals surface area contributed by atoms with Crippen molar-refractivity contribution in [3.63, 3.8) is 0 Å². The van der Waals surface area contributed by atoms with E-state index in [0.29, 0.717) is 6.41 Å². The molecule has 0 aliphatic carbocycles. The fourth-order valence-corrected chi connectivity index (χ4v) is 3.31. The average Bonchev–Trinajstić information content (AvgIpc) is 2.26. The number of nitrogens with zero attached hydrogens (tertiary/aromatic N) is 2. The minimum absolute atomic E-state index is 0.176. The number of rotatable bonds is 3. The van der Waals surface area contributed by atoms with Crippen molar-refractivity contribution >= 4 is 16.2 Å². The van der Waals surface area contributed by atoms with Crippen LogP contribution < -0.4 is 0 Å². The van der Waals surface area contributed by atoms with Gasteiger partial charge in [0.1, 0.15) is 0 Å². The van der Waals surface area contributed by atoms with Gasteiger partial charge in [-0.2, -0.15) is 0 Å². The molecule has 0 radical (unpaired) electrons. The van der Waals surface area contributed by atoms with Gasteiger partial charge in [-0.15, -0.1) is 0 Å². The fraction of sp³-hybridized carbons (Fsp3) is 0.857. The molecule has 1 fully saturated rings. The number of hydrogen-bond acceptors (Lipinski definition) is 5. The van der Waals surface area contributed by atoms with E-state index in [1.54, 1.807) is 14.1 Å². The summed E-state index contributed by atoms with van der Waals surface area (Å²) in [4.78, 5) is 10.7. The minimum atomic E-state index is -3.21. The quantitative estimate of drug-likeness (QED) is 0.445. The molecule has 1 aliphatic heterocycles. The van der Waals surface area contributed by atoms with E-state index in [-0.39, 0.29) is 11.5 Å². The Morgan fingerprint density at radius 3 is 2.21 bits per heavy atom. The fourth-order valence-electron chi connectivity index (χ4n) is 1.53. The smallest absolute Gasteiger partial charge is 0.224 e. The molecule has 6 nitrogen and oxygen atoms in total. The molecular formula is C7H14N2O4S. The summed E-state index contributed by atoms with van der Waals surface area (Å²) in [6.07, 6.45) is -0.470. The van der Waals surface area contributed by atoms with Crippen molar-refractivity contribution in [3.05, 3.63) is 0 Å². The summed E-state index contributed by atoms with van der Waals surface area (Å²) >= 11 is 0. The van der Waals surface area contributed by atoms with E-state index in [2.05, 4.69) is 0 Å². The summed E-state index contributed by atoms with van der Waals surface area (Å²) < 4.78 is 22.3. The lowest BCUT2D eigenvalue weighted by atomic mass is 10.2. The number of aliphatic hydroxyl groups excluding tert-OH is 1. The number of carbonyl (C=O) groups excluding carboxylic acids is 1. The van der Waals surface area contributed by atoms with Gasteiger partial charge in [-0.25, -0.2) is 13.4 Å². The molecule has 0 saturated carbocycles. The third-order valence-electron chi connectivity index (χ3n) is 2.20. The number of aliphatic hydroxyl groups is 1. The van der Waals surface area contributed by atoms with Gasteiger partial charge in [-0.1, -0.05) is 0 Å². The first kappa shape index (κ1) is 11.4. The second-order valence-electron chi connectivity index (χ2n) is 3.54. The number of carbonyl (C=O) groups is 1. The van der Waals surface area contributed by atoms with Gasteiger partial charge in [-0.3, -0.25) is 9.80 Å². The molecule has 82 valence electrons. The van der Waals surface area contributed by atoms with Crippen molar-refractivity contribution < 1.29 is 18.3 Å². The Bertz CT molecular complexity index is 314. The van der Waals surface area contributed by atoms with Crippen LogP contribution in [0.1, 0.15) is 0 Å². The normalized spacial score (nSPS) is 30.6. The molecule has 1 amide bonds. The maximum absolute atomic E-state index is 11.2. The van der Waals surface area contributed by atoms with Crippen LogP contribution in [0.15, 0.2) is 0 Å². The number of sulfone groups is 1. The zero-order valence-electron chi connectivity index (χ0n) is 8.12. The van der Waals surface area contributed by atoms with Crippen LogP contribution in [0.2, 0.25) is 0 Å². The Kier molecular flexibility index (Phi) is 3.13. The van der Waals surface area contributed by atoms with Crippen LogP contribution in [0.5, 0.6) is 0 Å². The summed E-state index contributed by atoms with van der Waals surface area (Å²) in [5.74, 6) is -0.444. The van der Waals surface area contributed by atoms with E-state index in [1.165, 1.54) is 10.0 Å². The number of hydrazine groups is 1. The third-order valence-corrected chi connectivity index (χ3v) is 3.90. The highest BCUT2D eigenvalue weighted by Gasteiger charge is 2.40. The Labute approximate surface area is 83.0 Å². The Balaban J connectivity index is 2.83. The van der Waals surface area contributed by atoms with Gasteiger partial charge in [0.2, 0.25) is 6.41 Å². The van der Waals surface area contributed by atoms with E-state index in [4.69, 9.17) is 0 Å². The van der Waals surface area contributed by atoms with Crippen LogP contribution in [-0.4, -0.2) is 67.7 Å². The molecule has 0 spiro atoms. The first-order valence-electron chi connectivity index (χ1n) is 4.17. The van der Waals surface area contributed by atoms with Crippen molar-refractivity contribution in [3.8, 4) is 0 Å². The molecule has 1 saturated heterocycles. The Morgan fingerprint density at radius 1 is 1.36 bits per heavy atom. The van der Waals surface area contributed by atoms with Crippen LogP contribution in [0.4, 0.5) is 0 Å². The van der Waals surface area contributed by atoms with Crippen LogP contribution >= 0.6 is 0 Å². The van der Waals surface area contributed by atoms with E-state index in [9.17, 15) is 18.3 Å². The predicted octanol–water partition coefficient (Wildman–Crippen LogP) is -1.92. The highest BCUT2D eigenvalue weighted by atomic mass is 32.2. The lowest BCUT2D eigenvalue weighted by Gasteiger charge is -2.31. The van der Waals surface area contributed by atoms with Crippen molar-refractivity contribution in [2.24, 2.45) is 0 Å². The van der Waals surface area contributed by atoms with E-state index in [0.717, 1.165) is 0 Å². The molecule has 0 aromatic rings. The van der Waals surface area contributed by atoms with E-state index in [1.807, 2.05) is 0 Å². The molecule has 1 heterocycles. The van der Waals surface area contributed by atoms with Gasteiger partial charge in [0.15, 0.2) is 9.84 Å². The first-order chi connectivity index (χ1) is 6.37. The van der Waals surface area contributed by atoms with Crippen LogP contribution in [-0.2, 0) is 14.6 Å². The summed E-state index contributed by atoms with van der Waals surface area (Å²) in [6.45, 7) is 0. The molecule has 0 aromatic heterocycles. The largest absolute Gasteiger partial charge is 0.390 e. The molecule has 1 aliphatic rings. The zero-order chi connectivity index (χ0) is 10.9. The van der Waals surface area contributed by atoms with Crippen molar-refractivity contribution in [1.29, 1.82) is 0 Å². The minimum Gasteiger partial charge on any atom is -0.390 e. The summed E-state index contributed by atoms with van der Waals surface area (Å²) in [5, 5.41) is 12.1. The average molecular weight is 222 g/mol. The zero-order valence-corrected chi connectivity index (χ0v) is 8.94. The Morgan fingerprint density at radius 2 is 1.93 bits per heavy atom. The molecule has 1 N–H and O–H groups in total.